The number of hydrogen-bond acceptors (Lipinski definition) is 5. The zero-order valence-corrected chi connectivity index (χ0v) is 11.5. The minimum Gasteiger partial charge on any atom is -0.398 e. The van der Waals surface area contributed by atoms with E-state index in [1.54, 1.807) is 12.4 Å². The van der Waals surface area contributed by atoms with Gasteiger partial charge >= 0.3 is 0 Å². The van der Waals surface area contributed by atoms with E-state index in [1.165, 1.54) is 0 Å². The van der Waals surface area contributed by atoms with Crippen molar-refractivity contribution in [1.82, 2.24) is 16.0 Å². The third kappa shape index (κ3) is 1.88. The first kappa shape index (κ1) is 11.6. The van der Waals surface area contributed by atoms with Gasteiger partial charge in [-0.25, -0.2) is 4.39 Å². The third-order valence-corrected chi connectivity index (χ3v) is 3.71. The van der Waals surface area contributed by atoms with Crippen LogP contribution in [-0.2, 0) is 0 Å². The van der Waals surface area contributed by atoms with Crippen LogP contribution in [0.2, 0.25) is 0 Å². The molecule has 3 rings (SSSR count). The zero-order valence-electron chi connectivity index (χ0n) is 9.30. The van der Waals surface area contributed by atoms with Crippen molar-refractivity contribution in [3.8, 4) is 0 Å². The second-order valence-corrected chi connectivity index (χ2v) is 5.16. The number of hydrogen-bond donors (Lipinski definition) is 4. The summed E-state index contributed by atoms with van der Waals surface area (Å²) in [6, 6.07) is 0. The summed E-state index contributed by atoms with van der Waals surface area (Å²) in [4.78, 5) is 4.34. The predicted molar refractivity (Wildman–Crippen MR) is 76.1 cm³/mol. The average Bonchev–Trinajstić information content (AvgIpc) is 2.75. The monoisotopic (exact) mass is 359 g/mol. The maximum absolute atomic E-state index is 13.3. The Balaban J connectivity index is 1.98. The van der Waals surface area contributed by atoms with Gasteiger partial charge < -0.3 is 21.7 Å². The van der Waals surface area contributed by atoms with E-state index in [2.05, 4.69) is 20.9 Å². The van der Waals surface area contributed by atoms with E-state index in [-0.39, 0.29) is 18.5 Å². The van der Waals surface area contributed by atoms with Gasteiger partial charge in [0.25, 0.3) is 0 Å². The minimum atomic E-state index is -0.193. The van der Waals surface area contributed by atoms with Crippen LogP contribution in [-0.4, -0.2) is 18.9 Å². The molecule has 3 heterocycles. The number of dihydropyridines is 1. The number of halogens is 2. The van der Waals surface area contributed by atoms with E-state index >= 15 is 0 Å². The van der Waals surface area contributed by atoms with Gasteiger partial charge in [0.15, 0.2) is 0 Å². The lowest BCUT2D eigenvalue weighted by atomic mass is 10.0. The molecule has 94 valence electrons. The quantitative estimate of drug-likeness (QED) is 0.380. The van der Waals surface area contributed by atoms with Crippen LogP contribution in [0.15, 0.2) is 49.5 Å². The zero-order chi connectivity index (χ0) is 12.7. The lowest BCUT2D eigenvalue weighted by Gasteiger charge is -2.23. The molecule has 1 unspecified atom stereocenters. The summed E-state index contributed by atoms with van der Waals surface area (Å²) in [5, 5.41) is 9.08. The molecule has 0 aliphatic carbocycles. The van der Waals surface area contributed by atoms with Crippen LogP contribution in [0.1, 0.15) is 0 Å². The van der Waals surface area contributed by atoms with Gasteiger partial charge in [-0.2, -0.15) is 0 Å². The number of rotatable bonds is 0. The molecule has 0 aromatic carbocycles. The van der Waals surface area contributed by atoms with Gasteiger partial charge in [0.2, 0.25) is 0 Å². The average molecular weight is 359 g/mol. The Morgan fingerprint density at radius 2 is 2.33 bits per heavy atom. The van der Waals surface area contributed by atoms with Crippen LogP contribution < -0.4 is 21.7 Å². The molecule has 5 N–H and O–H groups in total. The number of aliphatic imine (C=N–C) groups is 1. The smallest absolute Gasteiger partial charge is 0.149 e. The second kappa shape index (κ2) is 4.30. The van der Waals surface area contributed by atoms with Gasteiger partial charge in [-0.1, -0.05) is 0 Å². The molecule has 5 nitrogen and oxygen atoms in total. The fourth-order valence-electron chi connectivity index (χ4n) is 1.97. The summed E-state index contributed by atoms with van der Waals surface area (Å²) in [5.74, 6) is 0.566. The van der Waals surface area contributed by atoms with Gasteiger partial charge in [-0.15, -0.1) is 0 Å². The normalized spacial score (nSPS) is 30.0. The molecule has 3 aliphatic heterocycles. The van der Waals surface area contributed by atoms with Crippen molar-refractivity contribution in [2.45, 2.75) is 6.17 Å². The number of fused-ring (bicyclic) bond motifs is 1. The Bertz CT molecular complexity index is 558. The molecule has 0 aromatic heterocycles. The molecule has 18 heavy (non-hydrogen) atoms. The first-order valence-corrected chi connectivity index (χ1v) is 6.49. The van der Waals surface area contributed by atoms with Crippen molar-refractivity contribution < 1.29 is 4.39 Å². The standard InChI is InChI=1S/C11H11FIN5/c12-8-4-17-11(18-9(8)13)7-3-16-10-6(7)1-5(14)2-15-10/h1-3,10,15,17-18H,4,14H2. The molecule has 0 aromatic rings. The van der Waals surface area contributed by atoms with E-state index in [9.17, 15) is 4.39 Å². The van der Waals surface area contributed by atoms with Crippen molar-refractivity contribution in [2.75, 3.05) is 6.54 Å². The van der Waals surface area contributed by atoms with Crippen LogP contribution in [0.3, 0.4) is 0 Å². The molecule has 3 aliphatic rings. The highest BCUT2D eigenvalue weighted by molar-refractivity contribution is 14.1. The van der Waals surface area contributed by atoms with Crippen LogP contribution >= 0.6 is 22.6 Å². The highest BCUT2D eigenvalue weighted by atomic mass is 127. The number of nitrogens with zero attached hydrogens (tertiary/aromatic N) is 1. The molecule has 0 saturated carbocycles. The lowest BCUT2D eigenvalue weighted by Crippen LogP contribution is -2.35. The molecule has 7 heteroatoms. The molecule has 0 amide bonds. The van der Waals surface area contributed by atoms with E-state index in [4.69, 9.17) is 5.73 Å². The summed E-state index contributed by atoms with van der Waals surface area (Å²) in [6.07, 6.45) is 5.26. The summed E-state index contributed by atoms with van der Waals surface area (Å²) in [7, 11) is 0. The molecular weight excluding hydrogens is 348 g/mol. The van der Waals surface area contributed by atoms with E-state index in [0.29, 0.717) is 9.40 Å². The SMILES string of the molecule is NC1=CNC2N=CC(=C3NCC(F)=C(I)N3)C2=C1. The van der Waals surface area contributed by atoms with Crippen LogP contribution in [0, 0.1) is 0 Å². The molecule has 0 spiro atoms. The highest BCUT2D eigenvalue weighted by Crippen LogP contribution is 2.27. The van der Waals surface area contributed by atoms with Crippen molar-refractivity contribution in [1.29, 1.82) is 0 Å². The maximum atomic E-state index is 13.3. The fraction of sp³-hybridized carbons (Fsp3) is 0.182. The largest absolute Gasteiger partial charge is 0.398 e. The van der Waals surface area contributed by atoms with Crippen molar-refractivity contribution in [3.05, 3.63) is 44.5 Å². The third-order valence-electron chi connectivity index (χ3n) is 2.85. The first-order valence-electron chi connectivity index (χ1n) is 5.41. The second-order valence-electron chi connectivity index (χ2n) is 4.08. The van der Waals surface area contributed by atoms with Crippen molar-refractivity contribution in [2.24, 2.45) is 10.7 Å². The molecule has 1 atom stereocenters. The van der Waals surface area contributed by atoms with E-state index < -0.39 is 0 Å². The van der Waals surface area contributed by atoms with Crippen LogP contribution in [0.4, 0.5) is 4.39 Å². The summed E-state index contributed by atoms with van der Waals surface area (Å²) >= 11 is 1.94. The van der Waals surface area contributed by atoms with Gasteiger partial charge in [0, 0.05) is 29.3 Å². The van der Waals surface area contributed by atoms with Crippen molar-refractivity contribution >= 4 is 28.8 Å². The van der Waals surface area contributed by atoms with Gasteiger partial charge in [-0.05, 0) is 28.7 Å². The fourth-order valence-corrected chi connectivity index (χ4v) is 2.43. The Labute approximate surface area is 117 Å². The first-order chi connectivity index (χ1) is 8.65. The van der Waals surface area contributed by atoms with E-state index in [0.717, 1.165) is 17.0 Å². The molecule has 0 radical (unpaired) electrons. The Morgan fingerprint density at radius 3 is 3.11 bits per heavy atom. The maximum Gasteiger partial charge on any atom is 0.149 e. The van der Waals surface area contributed by atoms with Crippen LogP contribution in [0.5, 0.6) is 0 Å². The number of nitrogens with two attached hydrogens (primary N) is 1. The summed E-state index contributed by atoms with van der Waals surface area (Å²) < 4.78 is 13.8. The summed E-state index contributed by atoms with van der Waals surface area (Å²) in [5.41, 5.74) is 8.30. The molecule has 0 saturated heterocycles. The number of nitrogens with one attached hydrogen (secondary N) is 3. The van der Waals surface area contributed by atoms with Gasteiger partial charge in [-0.3, -0.25) is 4.99 Å². The Morgan fingerprint density at radius 1 is 1.50 bits per heavy atom. The summed E-state index contributed by atoms with van der Waals surface area (Å²) in [6.45, 7) is 0.189. The topological polar surface area (TPSA) is 74.5 Å². The van der Waals surface area contributed by atoms with Crippen molar-refractivity contribution in [3.63, 3.8) is 0 Å². The predicted octanol–water partition coefficient (Wildman–Crippen LogP) is 0.705. The Kier molecular flexibility index (Phi) is 2.77. The molecular formula is C11H11FIN5. The Hall–Kier alpha value is -1.51. The highest BCUT2D eigenvalue weighted by Gasteiger charge is 2.27. The molecule has 0 fully saturated rings. The minimum absolute atomic E-state index is 0.100. The van der Waals surface area contributed by atoms with Crippen LogP contribution in [0.25, 0.3) is 0 Å². The lowest BCUT2D eigenvalue weighted by molar-refractivity contribution is 0.553. The molecule has 0 bridgehead atoms. The number of allylic oxidation sites excluding steroid dienone is 1. The van der Waals surface area contributed by atoms with Gasteiger partial charge in [0.05, 0.1) is 6.54 Å². The van der Waals surface area contributed by atoms with Gasteiger partial charge in [0.1, 0.15) is 21.5 Å². The van der Waals surface area contributed by atoms with E-state index in [1.807, 2.05) is 28.7 Å².